The van der Waals surface area contributed by atoms with Crippen LogP contribution in [0.3, 0.4) is 0 Å². The van der Waals surface area contributed by atoms with E-state index in [1.807, 2.05) is 50.2 Å². The summed E-state index contributed by atoms with van der Waals surface area (Å²) in [7, 11) is 0. The summed E-state index contributed by atoms with van der Waals surface area (Å²) < 4.78 is 6.62. The second-order valence-electron chi connectivity index (χ2n) is 8.51. The maximum Gasteiger partial charge on any atom is 0.338 e. The van der Waals surface area contributed by atoms with Crippen LogP contribution in [0.5, 0.6) is 0 Å². The molecule has 0 aliphatic rings. The van der Waals surface area contributed by atoms with E-state index in [1.54, 1.807) is 30.3 Å². The van der Waals surface area contributed by atoms with Crippen LogP contribution >= 0.6 is 11.3 Å². The van der Waals surface area contributed by atoms with Crippen LogP contribution in [0.4, 0.5) is 5.69 Å². The van der Waals surface area contributed by atoms with Crippen molar-refractivity contribution in [2.75, 3.05) is 5.32 Å². The maximum atomic E-state index is 12.8. The topological polar surface area (TPSA) is 103 Å². The van der Waals surface area contributed by atoms with Crippen LogP contribution in [-0.4, -0.2) is 26.5 Å². The predicted molar refractivity (Wildman–Crippen MR) is 139 cm³/mol. The first-order chi connectivity index (χ1) is 17.4. The van der Waals surface area contributed by atoms with Crippen molar-refractivity contribution in [2.45, 2.75) is 26.4 Å². The Morgan fingerprint density at radius 1 is 1.03 bits per heavy atom. The van der Waals surface area contributed by atoms with Gasteiger partial charge in [0.25, 0.3) is 11.5 Å². The lowest BCUT2D eigenvalue weighted by Gasteiger charge is -2.09. The van der Waals surface area contributed by atoms with E-state index in [-0.39, 0.29) is 24.0 Å². The number of rotatable bonds is 6. The molecular weight excluding hydrogens is 476 g/mol. The first-order valence-corrected chi connectivity index (χ1v) is 12.2. The minimum atomic E-state index is -0.559. The van der Waals surface area contributed by atoms with Crippen molar-refractivity contribution in [3.63, 3.8) is 0 Å². The molecule has 9 heteroatoms. The smallest absolute Gasteiger partial charge is 0.338 e. The Labute approximate surface area is 210 Å². The number of aromatic nitrogens is 3. The highest BCUT2D eigenvalue weighted by atomic mass is 32.1. The van der Waals surface area contributed by atoms with Crippen molar-refractivity contribution in [1.29, 1.82) is 0 Å². The molecule has 0 fully saturated rings. The summed E-state index contributed by atoms with van der Waals surface area (Å²) in [6.45, 7) is 3.84. The minimum absolute atomic E-state index is 0.140. The van der Waals surface area contributed by atoms with Gasteiger partial charge in [-0.3, -0.25) is 9.59 Å². The molecule has 0 atom stereocenters. The summed E-state index contributed by atoms with van der Waals surface area (Å²) in [4.78, 5) is 42.6. The second-order valence-corrected chi connectivity index (χ2v) is 9.50. The van der Waals surface area contributed by atoms with Crippen molar-refractivity contribution < 1.29 is 14.3 Å². The van der Waals surface area contributed by atoms with Gasteiger partial charge in [-0.2, -0.15) is 9.61 Å². The molecule has 1 N–H and O–H groups in total. The summed E-state index contributed by atoms with van der Waals surface area (Å²) in [5.74, 6) is -0.619. The van der Waals surface area contributed by atoms with Gasteiger partial charge in [0.15, 0.2) is 0 Å². The first kappa shape index (κ1) is 23.4. The summed E-state index contributed by atoms with van der Waals surface area (Å²) in [6, 6.07) is 21.0. The van der Waals surface area contributed by atoms with Gasteiger partial charge in [0.05, 0.1) is 11.3 Å². The van der Waals surface area contributed by atoms with Gasteiger partial charge in [0.1, 0.15) is 11.6 Å². The fraction of sp³-hybridized carbons (Fsp3) is 0.148. The molecule has 180 valence electrons. The van der Waals surface area contributed by atoms with E-state index in [0.29, 0.717) is 27.5 Å². The third-order valence-corrected chi connectivity index (χ3v) is 6.78. The molecule has 1 amide bonds. The third-order valence-electron chi connectivity index (χ3n) is 5.57. The fourth-order valence-electron chi connectivity index (χ4n) is 3.71. The lowest BCUT2D eigenvalue weighted by atomic mass is 10.0. The average molecular weight is 499 g/mol. The van der Waals surface area contributed by atoms with Gasteiger partial charge in [-0.25, -0.2) is 9.78 Å². The largest absolute Gasteiger partial charge is 0.456 e. The summed E-state index contributed by atoms with van der Waals surface area (Å²) in [5, 5.41) is 9.80. The highest BCUT2D eigenvalue weighted by Crippen LogP contribution is 2.21. The molecule has 8 nitrogen and oxygen atoms in total. The van der Waals surface area contributed by atoms with Gasteiger partial charge in [-0.05, 0) is 41.1 Å². The zero-order chi connectivity index (χ0) is 25.2. The minimum Gasteiger partial charge on any atom is -0.456 e. The Morgan fingerprint density at radius 2 is 1.78 bits per heavy atom. The van der Waals surface area contributed by atoms with Gasteiger partial charge in [0.2, 0.25) is 4.96 Å². The molecule has 0 bridgehead atoms. The number of carbonyl (C=O) groups is 2. The van der Waals surface area contributed by atoms with E-state index in [0.717, 1.165) is 15.8 Å². The van der Waals surface area contributed by atoms with E-state index < -0.39 is 5.97 Å². The van der Waals surface area contributed by atoms with Crippen LogP contribution in [0.1, 0.15) is 51.2 Å². The number of benzene rings is 3. The highest BCUT2D eigenvalue weighted by molar-refractivity contribution is 7.16. The Hall–Kier alpha value is -4.37. The average Bonchev–Trinajstić information content (AvgIpc) is 3.33. The van der Waals surface area contributed by atoms with E-state index >= 15 is 0 Å². The van der Waals surface area contributed by atoms with E-state index in [2.05, 4.69) is 15.4 Å². The Kier molecular flexibility index (Phi) is 6.30. The van der Waals surface area contributed by atoms with Gasteiger partial charge in [-0.15, -0.1) is 0 Å². The SMILES string of the molecule is CC(C)c1nn2c(=O)cc(COC(=O)c3ccc(NC(=O)c4cccc5ccccc45)cc3)nc2s1. The number of anilines is 1. The van der Waals surface area contributed by atoms with Crippen LogP contribution in [0.15, 0.2) is 77.6 Å². The number of nitrogens with zero attached hydrogens (tertiary/aromatic N) is 3. The number of carbonyl (C=O) groups excluding carboxylic acids is 2. The van der Waals surface area contributed by atoms with Crippen molar-refractivity contribution >= 4 is 44.6 Å². The Morgan fingerprint density at radius 3 is 2.56 bits per heavy atom. The van der Waals surface area contributed by atoms with Crippen LogP contribution in [-0.2, 0) is 11.3 Å². The van der Waals surface area contributed by atoms with Crippen molar-refractivity contribution in [3.8, 4) is 0 Å². The van der Waals surface area contributed by atoms with Gasteiger partial charge in [-0.1, -0.05) is 61.6 Å². The monoisotopic (exact) mass is 498 g/mol. The molecule has 2 heterocycles. The molecule has 0 unspecified atom stereocenters. The first-order valence-electron chi connectivity index (χ1n) is 11.3. The van der Waals surface area contributed by atoms with Crippen molar-refractivity contribution in [2.24, 2.45) is 0 Å². The highest BCUT2D eigenvalue weighted by Gasteiger charge is 2.14. The Bertz CT molecular complexity index is 1650. The Balaban J connectivity index is 1.25. The number of amides is 1. The van der Waals surface area contributed by atoms with Crippen molar-refractivity contribution in [3.05, 3.63) is 105 Å². The lowest BCUT2D eigenvalue weighted by molar-refractivity contribution is 0.0467. The van der Waals surface area contributed by atoms with Crippen LogP contribution in [0, 0.1) is 0 Å². The molecule has 0 saturated heterocycles. The molecule has 0 aliphatic heterocycles. The molecule has 0 aliphatic carbocycles. The van der Waals surface area contributed by atoms with Gasteiger partial charge >= 0.3 is 5.97 Å². The number of hydrogen-bond donors (Lipinski definition) is 1. The standard InChI is InChI=1S/C27H22N4O4S/c1-16(2)25-30-31-23(32)14-20(29-27(31)36-25)15-35-26(34)18-10-12-19(13-11-18)28-24(33)22-9-5-7-17-6-3-4-8-21(17)22/h3-14,16H,15H2,1-2H3,(H,28,33). The van der Waals surface area contributed by atoms with Gasteiger partial charge < -0.3 is 10.1 Å². The molecule has 5 aromatic rings. The number of hydrogen-bond acceptors (Lipinski definition) is 7. The fourth-order valence-corrected chi connectivity index (χ4v) is 4.64. The van der Waals surface area contributed by atoms with E-state index in [4.69, 9.17) is 4.74 Å². The maximum absolute atomic E-state index is 12.8. The molecule has 0 saturated carbocycles. The molecule has 3 aromatic carbocycles. The molecule has 0 spiro atoms. The van der Waals surface area contributed by atoms with Crippen molar-refractivity contribution in [1.82, 2.24) is 14.6 Å². The van der Waals surface area contributed by atoms with Crippen LogP contribution in [0.25, 0.3) is 15.7 Å². The number of ether oxygens (including phenoxy) is 1. The molecule has 5 rings (SSSR count). The lowest BCUT2D eigenvalue weighted by Crippen LogP contribution is -2.17. The summed E-state index contributed by atoms with van der Waals surface area (Å²) in [6.07, 6.45) is 0. The van der Waals surface area contributed by atoms with Gasteiger partial charge in [0, 0.05) is 23.2 Å². The second kappa shape index (κ2) is 9.71. The molecule has 36 heavy (non-hydrogen) atoms. The van der Waals surface area contributed by atoms with E-state index in [1.165, 1.54) is 21.9 Å². The quantitative estimate of drug-likeness (QED) is 0.329. The summed E-state index contributed by atoms with van der Waals surface area (Å²) >= 11 is 1.34. The zero-order valence-electron chi connectivity index (χ0n) is 19.6. The van der Waals surface area contributed by atoms with Crippen LogP contribution in [0.2, 0.25) is 0 Å². The molecular formula is C27H22N4O4S. The zero-order valence-corrected chi connectivity index (χ0v) is 20.4. The van der Waals surface area contributed by atoms with Crippen LogP contribution < -0.4 is 10.9 Å². The molecule has 2 aromatic heterocycles. The predicted octanol–water partition coefficient (Wildman–Crippen LogP) is 5.04. The third kappa shape index (κ3) is 4.73. The number of nitrogens with one attached hydrogen (secondary N) is 1. The van der Waals surface area contributed by atoms with E-state index in [9.17, 15) is 14.4 Å². The number of esters is 1. The normalized spacial score (nSPS) is 11.2. The summed E-state index contributed by atoms with van der Waals surface area (Å²) in [5.41, 5.74) is 1.47. The molecule has 0 radical (unpaired) electrons. The number of fused-ring (bicyclic) bond motifs is 2.